The van der Waals surface area contributed by atoms with Crippen LogP contribution < -0.4 is 10.1 Å². The lowest BCUT2D eigenvalue weighted by molar-refractivity contribution is 0.228. The van der Waals surface area contributed by atoms with Gasteiger partial charge in [0.25, 0.3) is 0 Å². The summed E-state index contributed by atoms with van der Waals surface area (Å²) in [6.45, 7) is 3.21. The number of sulfonamides is 1. The SMILES string of the molecule is COc1ccc(S(=O)(=O)N2CCC3CNCC3C2)cc1.Cl. The van der Waals surface area contributed by atoms with Gasteiger partial charge in [-0.2, -0.15) is 4.31 Å². The Kier molecular flexibility index (Phi) is 5.14. The molecule has 21 heavy (non-hydrogen) atoms. The molecule has 0 aliphatic carbocycles. The molecule has 2 aliphatic rings. The topological polar surface area (TPSA) is 58.6 Å². The second kappa shape index (κ2) is 6.52. The molecule has 2 fully saturated rings. The van der Waals surface area contributed by atoms with Crippen LogP contribution in [0.2, 0.25) is 0 Å². The molecule has 2 heterocycles. The summed E-state index contributed by atoms with van der Waals surface area (Å²) in [5, 5.41) is 3.35. The summed E-state index contributed by atoms with van der Waals surface area (Å²) in [7, 11) is -1.80. The highest BCUT2D eigenvalue weighted by molar-refractivity contribution is 7.89. The fourth-order valence-electron chi connectivity index (χ4n) is 3.12. The molecule has 1 aromatic carbocycles. The van der Waals surface area contributed by atoms with Crippen LogP contribution in [0.15, 0.2) is 29.2 Å². The van der Waals surface area contributed by atoms with Crippen molar-refractivity contribution in [1.29, 1.82) is 0 Å². The number of halogens is 1. The Morgan fingerprint density at radius 3 is 2.52 bits per heavy atom. The number of nitrogens with one attached hydrogen (secondary N) is 1. The molecule has 0 aromatic heterocycles. The molecule has 0 spiro atoms. The number of ether oxygens (including phenoxy) is 1. The van der Waals surface area contributed by atoms with Crippen molar-refractivity contribution in [2.24, 2.45) is 11.8 Å². The highest BCUT2D eigenvalue weighted by Gasteiger charge is 2.37. The zero-order valence-electron chi connectivity index (χ0n) is 12.0. The van der Waals surface area contributed by atoms with Crippen molar-refractivity contribution >= 4 is 22.4 Å². The van der Waals surface area contributed by atoms with Crippen molar-refractivity contribution in [3.8, 4) is 5.75 Å². The molecule has 2 aliphatic heterocycles. The Hall–Kier alpha value is -0.820. The molecule has 0 radical (unpaired) electrons. The molecule has 1 aromatic rings. The van der Waals surface area contributed by atoms with Gasteiger partial charge in [0.05, 0.1) is 12.0 Å². The van der Waals surface area contributed by atoms with Crippen LogP contribution in [0.4, 0.5) is 0 Å². The van der Waals surface area contributed by atoms with Gasteiger partial charge in [-0.15, -0.1) is 12.4 Å². The second-order valence-corrected chi connectivity index (χ2v) is 7.44. The fraction of sp³-hybridized carbons (Fsp3) is 0.571. The molecular formula is C14H21ClN2O3S. The molecule has 2 unspecified atom stereocenters. The van der Waals surface area contributed by atoms with E-state index in [0.717, 1.165) is 19.5 Å². The number of methoxy groups -OCH3 is 1. The van der Waals surface area contributed by atoms with E-state index < -0.39 is 10.0 Å². The first kappa shape index (κ1) is 16.5. The minimum absolute atomic E-state index is 0. The number of nitrogens with zero attached hydrogens (tertiary/aromatic N) is 1. The monoisotopic (exact) mass is 332 g/mol. The molecule has 0 amide bonds. The van der Waals surface area contributed by atoms with E-state index in [1.807, 2.05) is 0 Å². The van der Waals surface area contributed by atoms with E-state index in [1.54, 1.807) is 35.7 Å². The van der Waals surface area contributed by atoms with Gasteiger partial charge in [-0.3, -0.25) is 0 Å². The van der Waals surface area contributed by atoms with E-state index in [0.29, 0.717) is 35.6 Å². The quantitative estimate of drug-likeness (QED) is 0.907. The Morgan fingerprint density at radius 2 is 1.86 bits per heavy atom. The fourth-order valence-corrected chi connectivity index (χ4v) is 4.63. The minimum atomic E-state index is -3.38. The van der Waals surface area contributed by atoms with E-state index in [4.69, 9.17) is 4.74 Å². The summed E-state index contributed by atoms with van der Waals surface area (Å²) in [6.07, 6.45) is 0.951. The van der Waals surface area contributed by atoms with E-state index in [1.165, 1.54) is 0 Å². The molecule has 3 rings (SSSR count). The second-order valence-electron chi connectivity index (χ2n) is 5.51. The van der Waals surface area contributed by atoms with Gasteiger partial charge in [-0.25, -0.2) is 8.42 Å². The largest absolute Gasteiger partial charge is 0.497 e. The zero-order chi connectivity index (χ0) is 14.2. The molecule has 1 N–H and O–H groups in total. The van der Waals surface area contributed by atoms with Crippen molar-refractivity contribution < 1.29 is 13.2 Å². The number of fused-ring (bicyclic) bond motifs is 1. The summed E-state index contributed by atoms with van der Waals surface area (Å²) < 4.78 is 32.0. The number of benzene rings is 1. The summed E-state index contributed by atoms with van der Waals surface area (Å²) in [5.41, 5.74) is 0. The summed E-state index contributed by atoms with van der Waals surface area (Å²) in [6, 6.07) is 6.62. The molecule has 2 atom stereocenters. The van der Waals surface area contributed by atoms with Gasteiger partial charge in [-0.05, 0) is 55.6 Å². The third kappa shape index (κ3) is 3.18. The van der Waals surface area contributed by atoms with Crippen LogP contribution in [0.3, 0.4) is 0 Å². The van der Waals surface area contributed by atoms with Gasteiger partial charge < -0.3 is 10.1 Å². The highest BCUT2D eigenvalue weighted by atomic mass is 35.5. The van der Waals surface area contributed by atoms with Crippen molar-refractivity contribution in [2.45, 2.75) is 11.3 Å². The van der Waals surface area contributed by atoms with Crippen molar-refractivity contribution in [2.75, 3.05) is 33.3 Å². The van der Waals surface area contributed by atoms with Crippen LogP contribution in [-0.2, 0) is 10.0 Å². The summed E-state index contributed by atoms with van der Waals surface area (Å²) >= 11 is 0. The Bertz CT molecular complexity index is 576. The van der Waals surface area contributed by atoms with E-state index >= 15 is 0 Å². The van der Waals surface area contributed by atoms with Crippen molar-refractivity contribution in [1.82, 2.24) is 9.62 Å². The van der Waals surface area contributed by atoms with Gasteiger partial charge in [0.15, 0.2) is 0 Å². The van der Waals surface area contributed by atoms with Gasteiger partial charge in [0, 0.05) is 13.1 Å². The lowest BCUT2D eigenvalue weighted by Gasteiger charge is -2.33. The first-order valence-electron chi connectivity index (χ1n) is 6.96. The molecular weight excluding hydrogens is 312 g/mol. The Balaban J connectivity index is 0.00000161. The Morgan fingerprint density at radius 1 is 1.19 bits per heavy atom. The Labute approximate surface area is 132 Å². The summed E-state index contributed by atoms with van der Waals surface area (Å²) in [4.78, 5) is 0.350. The number of hydrogen-bond acceptors (Lipinski definition) is 4. The maximum atomic E-state index is 12.6. The van der Waals surface area contributed by atoms with Gasteiger partial charge >= 0.3 is 0 Å². The lowest BCUT2D eigenvalue weighted by atomic mass is 9.90. The van der Waals surface area contributed by atoms with Crippen LogP contribution >= 0.6 is 12.4 Å². The number of rotatable bonds is 3. The number of hydrogen-bond donors (Lipinski definition) is 1. The maximum Gasteiger partial charge on any atom is 0.243 e. The number of piperidine rings is 1. The van der Waals surface area contributed by atoms with Gasteiger partial charge in [0.2, 0.25) is 10.0 Å². The van der Waals surface area contributed by atoms with Crippen LogP contribution in [0.1, 0.15) is 6.42 Å². The first-order valence-corrected chi connectivity index (χ1v) is 8.40. The molecule has 118 valence electrons. The van der Waals surface area contributed by atoms with Crippen molar-refractivity contribution in [3.63, 3.8) is 0 Å². The third-order valence-corrected chi connectivity index (χ3v) is 6.24. The van der Waals surface area contributed by atoms with Gasteiger partial charge in [0.1, 0.15) is 5.75 Å². The molecule has 0 saturated carbocycles. The first-order chi connectivity index (χ1) is 9.61. The lowest BCUT2D eigenvalue weighted by Crippen LogP contribution is -2.43. The van der Waals surface area contributed by atoms with E-state index in [2.05, 4.69) is 5.32 Å². The zero-order valence-corrected chi connectivity index (χ0v) is 13.6. The normalized spacial score (nSPS) is 26.0. The predicted molar refractivity (Wildman–Crippen MR) is 83.5 cm³/mol. The van der Waals surface area contributed by atoms with E-state index in [-0.39, 0.29) is 12.4 Å². The average molecular weight is 333 g/mol. The predicted octanol–water partition coefficient (Wildman–Crippen LogP) is 1.35. The molecule has 0 bridgehead atoms. The average Bonchev–Trinajstić information content (AvgIpc) is 2.94. The molecule has 7 heteroatoms. The molecule has 5 nitrogen and oxygen atoms in total. The van der Waals surface area contributed by atoms with E-state index in [9.17, 15) is 8.42 Å². The van der Waals surface area contributed by atoms with Crippen LogP contribution in [0.25, 0.3) is 0 Å². The smallest absolute Gasteiger partial charge is 0.243 e. The van der Waals surface area contributed by atoms with Crippen LogP contribution in [0, 0.1) is 11.8 Å². The third-order valence-electron chi connectivity index (χ3n) is 4.36. The molecule has 2 saturated heterocycles. The van der Waals surface area contributed by atoms with Crippen LogP contribution in [-0.4, -0.2) is 46.0 Å². The van der Waals surface area contributed by atoms with Crippen LogP contribution in [0.5, 0.6) is 5.75 Å². The highest BCUT2D eigenvalue weighted by Crippen LogP contribution is 2.30. The van der Waals surface area contributed by atoms with Crippen molar-refractivity contribution in [3.05, 3.63) is 24.3 Å². The minimum Gasteiger partial charge on any atom is -0.497 e. The standard InChI is InChI=1S/C14H20N2O3S.ClH/c1-19-13-2-4-14(5-3-13)20(17,18)16-7-6-11-8-15-9-12(11)10-16;/h2-5,11-12,15H,6-10H2,1H3;1H. The van der Waals surface area contributed by atoms with Gasteiger partial charge in [-0.1, -0.05) is 0 Å². The summed E-state index contributed by atoms with van der Waals surface area (Å²) in [5.74, 6) is 1.76. The maximum absolute atomic E-state index is 12.6.